The van der Waals surface area contributed by atoms with Gasteiger partial charge >= 0.3 is 5.97 Å². The largest absolute Gasteiger partial charge is 0.464 e. The number of likely N-dealkylation sites (tertiary alicyclic amines) is 1. The maximum atomic E-state index is 12.5. The van der Waals surface area contributed by atoms with Crippen molar-refractivity contribution >= 4 is 11.9 Å². The number of esters is 1. The molecule has 2 fully saturated rings. The molecule has 0 aromatic rings. The van der Waals surface area contributed by atoms with E-state index in [-0.39, 0.29) is 23.8 Å². The molecule has 6 heteroatoms. The molecular formula is C13H22N2O4. The molecule has 0 bridgehead atoms. The van der Waals surface area contributed by atoms with Gasteiger partial charge in [-0.25, -0.2) is 4.79 Å². The maximum absolute atomic E-state index is 12.5. The van der Waals surface area contributed by atoms with Crippen LogP contribution in [0.15, 0.2) is 0 Å². The van der Waals surface area contributed by atoms with Crippen LogP contribution in [0.1, 0.15) is 26.2 Å². The van der Waals surface area contributed by atoms with Crippen LogP contribution in [-0.4, -0.2) is 55.2 Å². The van der Waals surface area contributed by atoms with E-state index in [0.29, 0.717) is 32.8 Å². The fourth-order valence-corrected chi connectivity index (χ4v) is 2.72. The Labute approximate surface area is 113 Å². The molecule has 1 amide bonds. The number of piperidine rings is 1. The first-order valence-corrected chi connectivity index (χ1v) is 6.95. The predicted octanol–water partition coefficient (Wildman–Crippen LogP) is -0.0957. The summed E-state index contributed by atoms with van der Waals surface area (Å²) >= 11 is 0. The Morgan fingerprint density at radius 2 is 2.16 bits per heavy atom. The van der Waals surface area contributed by atoms with E-state index >= 15 is 0 Å². The Morgan fingerprint density at radius 3 is 2.79 bits per heavy atom. The average Bonchev–Trinajstić information content (AvgIpc) is 2.84. The summed E-state index contributed by atoms with van der Waals surface area (Å²) in [4.78, 5) is 26.1. The molecule has 2 heterocycles. The van der Waals surface area contributed by atoms with Gasteiger partial charge in [-0.05, 0) is 26.2 Å². The summed E-state index contributed by atoms with van der Waals surface area (Å²) in [7, 11) is 0. The van der Waals surface area contributed by atoms with Crippen LogP contribution in [-0.2, 0) is 19.1 Å². The quantitative estimate of drug-likeness (QED) is 0.724. The first-order chi connectivity index (χ1) is 9.15. The highest BCUT2D eigenvalue weighted by Crippen LogP contribution is 2.23. The maximum Gasteiger partial charge on any atom is 0.328 e. The Hall–Kier alpha value is -1.14. The molecule has 0 spiro atoms. The summed E-state index contributed by atoms with van der Waals surface area (Å²) in [5.74, 6) is -0.694. The SMILES string of the molecule is CCOC(=O)C1CCCCN1C(=O)C1COCC1N. The highest BCUT2D eigenvalue weighted by atomic mass is 16.5. The van der Waals surface area contributed by atoms with Crippen LogP contribution in [0.5, 0.6) is 0 Å². The van der Waals surface area contributed by atoms with Crippen LogP contribution in [0.4, 0.5) is 0 Å². The summed E-state index contributed by atoms with van der Waals surface area (Å²) in [6.45, 7) is 3.48. The average molecular weight is 270 g/mol. The van der Waals surface area contributed by atoms with E-state index in [1.165, 1.54) is 0 Å². The first-order valence-electron chi connectivity index (χ1n) is 6.95. The lowest BCUT2D eigenvalue weighted by Crippen LogP contribution is -2.53. The second-order valence-corrected chi connectivity index (χ2v) is 5.10. The van der Waals surface area contributed by atoms with Gasteiger partial charge in [0.15, 0.2) is 0 Å². The molecule has 2 aliphatic rings. The molecule has 0 saturated carbocycles. The summed E-state index contributed by atoms with van der Waals surface area (Å²) in [6, 6.07) is -0.716. The third-order valence-corrected chi connectivity index (χ3v) is 3.79. The highest BCUT2D eigenvalue weighted by Gasteiger charge is 2.40. The molecule has 0 aliphatic carbocycles. The second-order valence-electron chi connectivity index (χ2n) is 5.10. The van der Waals surface area contributed by atoms with Gasteiger partial charge < -0.3 is 20.1 Å². The minimum absolute atomic E-state index is 0.0669. The van der Waals surface area contributed by atoms with Gasteiger partial charge in [-0.1, -0.05) is 0 Å². The van der Waals surface area contributed by atoms with Crippen LogP contribution >= 0.6 is 0 Å². The van der Waals surface area contributed by atoms with Crippen molar-refractivity contribution in [2.75, 3.05) is 26.4 Å². The Balaban J connectivity index is 2.06. The third kappa shape index (κ3) is 3.06. The Bertz CT molecular complexity index is 348. The molecule has 2 aliphatic heterocycles. The Morgan fingerprint density at radius 1 is 1.37 bits per heavy atom. The minimum Gasteiger partial charge on any atom is -0.464 e. The van der Waals surface area contributed by atoms with E-state index in [9.17, 15) is 9.59 Å². The van der Waals surface area contributed by atoms with E-state index in [0.717, 1.165) is 12.8 Å². The number of nitrogens with two attached hydrogens (primary N) is 1. The van der Waals surface area contributed by atoms with Crippen molar-refractivity contribution in [2.45, 2.75) is 38.3 Å². The summed E-state index contributed by atoms with van der Waals surface area (Å²) in [6.07, 6.45) is 2.54. The van der Waals surface area contributed by atoms with E-state index < -0.39 is 6.04 Å². The monoisotopic (exact) mass is 270 g/mol. The molecule has 0 aromatic heterocycles. The molecule has 2 rings (SSSR count). The van der Waals surface area contributed by atoms with E-state index in [1.807, 2.05) is 0 Å². The van der Waals surface area contributed by atoms with Gasteiger partial charge in [-0.3, -0.25) is 4.79 Å². The molecule has 6 nitrogen and oxygen atoms in total. The van der Waals surface area contributed by atoms with Crippen molar-refractivity contribution in [1.82, 2.24) is 4.90 Å². The minimum atomic E-state index is -0.450. The molecule has 19 heavy (non-hydrogen) atoms. The number of nitrogens with zero attached hydrogens (tertiary/aromatic N) is 1. The van der Waals surface area contributed by atoms with E-state index in [2.05, 4.69) is 0 Å². The van der Waals surface area contributed by atoms with Crippen molar-refractivity contribution in [2.24, 2.45) is 11.7 Å². The Kier molecular flexibility index (Phi) is 4.76. The number of hydrogen-bond donors (Lipinski definition) is 1. The van der Waals surface area contributed by atoms with Crippen LogP contribution in [0.25, 0.3) is 0 Å². The zero-order chi connectivity index (χ0) is 13.8. The lowest BCUT2D eigenvalue weighted by molar-refractivity contribution is -0.158. The third-order valence-electron chi connectivity index (χ3n) is 3.79. The van der Waals surface area contributed by atoms with Crippen molar-refractivity contribution in [1.29, 1.82) is 0 Å². The zero-order valence-corrected chi connectivity index (χ0v) is 11.3. The smallest absolute Gasteiger partial charge is 0.328 e. The molecular weight excluding hydrogens is 248 g/mol. The summed E-state index contributed by atoms with van der Waals surface area (Å²) in [5.41, 5.74) is 5.88. The molecule has 108 valence electrons. The van der Waals surface area contributed by atoms with Crippen molar-refractivity contribution in [3.63, 3.8) is 0 Å². The van der Waals surface area contributed by atoms with Gasteiger partial charge in [0, 0.05) is 12.6 Å². The van der Waals surface area contributed by atoms with Gasteiger partial charge in [-0.2, -0.15) is 0 Å². The van der Waals surface area contributed by atoms with Gasteiger partial charge in [-0.15, -0.1) is 0 Å². The molecule has 2 N–H and O–H groups in total. The first kappa shape index (κ1) is 14.3. The summed E-state index contributed by atoms with van der Waals surface area (Å²) < 4.78 is 10.3. The topological polar surface area (TPSA) is 81.9 Å². The van der Waals surface area contributed by atoms with Gasteiger partial charge in [0.05, 0.1) is 25.7 Å². The number of carbonyl (C=O) groups is 2. The number of ether oxygens (including phenoxy) is 2. The molecule has 0 aromatic carbocycles. The van der Waals surface area contributed by atoms with Gasteiger partial charge in [0.2, 0.25) is 5.91 Å². The number of hydrogen-bond acceptors (Lipinski definition) is 5. The zero-order valence-electron chi connectivity index (χ0n) is 11.3. The van der Waals surface area contributed by atoms with Crippen LogP contribution in [0, 0.1) is 5.92 Å². The number of rotatable bonds is 3. The van der Waals surface area contributed by atoms with Crippen molar-refractivity contribution < 1.29 is 19.1 Å². The highest BCUT2D eigenvalue weighted by molar-refractivity contribution is 5.86. The van der Waals surface area contributed by atoms with Crippen LogP contribution in [0.3, 0.4) is 0 Å². The second kappa shape index (κ2) is 6.34. The molecule has 3 atom stereocenters. The lowest BCUT2D eigenvalue weighted by atomic mass is 9.97. The van der Waals surface area contributed by atoms with E-state index in [4.69, 9.17) is 15.2 Å². The van der Waals surface area contributed by atoms with Crippen LogP contribution in [0.2, 0.25) is 0 Å². The number of amides is 1. The van der Waals surface area contributed by atoms with Gasteiger partial charge in [0.25, 0.3) is 0 Å². The van der Waals surface area contributed by atoms with Crippen molar-refractivity contribution in [3.8, 4) is 0 Å². The fourth-order valence-electron chi connectivity index (χ4n) is 2.72. The van der Waals surface area contributed by atoms with E-state index in [1.54, 1.807) is 11.8 Å². The van der Waals surface area contributed by atoms with Crippen LogP contribution < -0.4 is 5.73 Å². The molecule has 3 unspecified atom stereocenters. The molecule has 0 radical (unpaired) electrons. The predicted molar refractivity (Wildman–Crippen MR) is 68.3 cm³/mol. The van der Waals surface area contributed by atoms with Crippen molar-refractivity contribution in [3.05, 3.63) is 0 Å². The van der Waals surface area contributed by atoms with Gasteiger partial charge in [0.1, 0.15) is 6.04 Å². The standard InChI is InChI=1S/C13H22N2O4/c1-2-19-13(17)11-5-3-4-6-15(11)12(16)9-7-18-8-10(9)14/h9-11H,2-8,14H2,1H3. The normalized spacial score (nSPS) is 31.3. The number of carbonyl (C=O) groups excluding carboxylic acids is 2. The lowest BCUT2D eigenvalue weighted by Gasteiger charge is -2.36. The summed E-state index contributed by atoms with van der Waals surface area (Å²) in [5, 5.41) is 0. The molecule has 2 saturated heterocycles. The fraction of sp³-hybridized carbons (Fsp3) is 0.846.